The van der Waals surface area contributed by atoms with Crippen molar-refractivity contribution in [2.45, 2.75) is 25.9 Å². The molecular weight excluding hydrogens is 404 g/mol. The molecule has 2 heterocycles. The number of hydrogen-bond donors (Lipinski definition) is 1. The van der Waals surface area contributed by atoms with E-state index in [4.69, 9.17) is 4.74 Å². The zero-order chi connectivity index (χ0) is 22.5. The molecular formula is C26H24N2O4. The van der Waals surface area contributed by atoms with Gasteiger partial charge >= 0.3 is 0 Å². The summed E-state index contributed by atoms with van der Waals surface area (Å²) >= 11 is 0. The third-order valence-electron chi connectivity index (χ3n) is 5.34. The normalized spacial score (nSPS) is 17.5. The van der Waals surface area contributed by atoms with Gasteiger partial charge in [-0.05, 0) is 41.8 Å². The van der Waals surface area contributed by atoms with E-state index in [1.807, 2.05) is 37.3 Å². The fourth-order valence-electron chi connectivity index (χ4n) is 3.82. The fourth-order valence-corrected chi connectivity index (χ4v) is 3.82. The van der Waals surface area contributed by atoms with Gasteiger partial charge in [0, 0.05) is 24.5 Å². The summed E-state index contributed by atoms with van der Waals surface area (Å²) in [6.07, 6.45) is 4.14. The molecule has 1 fully saturated rings. The van der Waals surface area contributed by atoms with Gasteiger partial charge in [0.05, 0.1) is 18.2 Å². The maximum Gasteiger partial charge on any atom is 0.295 e. The molecule has 1 aliphatic heterocycles. The van der Waals surface area contributed by atoms with Crippen molar-refractivity contribution in [1.29, 1.82) is 0 Å². The van der Waals surface area contributed by atoms with Crippen molar-refractivity contribution in [1.82, 2.24) is 9.88 Å². The van der Waals surface area contributed by atoms with Gasteiger partial charge in [-0.2, -0.15) is 0 Å². The second-order valence-electron chi connectivity index (χ2n) is 7.57. The lowest BCUT2D eigenvalue weighted by Gasteiger charge is -2.25. The molecule has 1 N–H and O–H groups in total. The van der Waals surface area contributed by atoms with Gasteiger partial charge in [0.15, 0.2) is 0 Å². The lowest BCUT2D eigenvalue weighted by atomic mass is 9.95. The summed E-state index contributed by atoms with van der Waals surface area (Å²) in [4.78, 5) is 31.7. The van der Waals surface area contributed by atoms with Crippen molar-refractivity contribution in [3.05, 3.63) is 101 Å². The van der Waals surface area contributed by atoms with Crippen LogP contribution in [-0.2, 0) is 16.1 Å². The Morgan fingerprint density at radius 1 is 1.03 bits per heavy atom. The highest BCUT2D eigenvalue weighted by molar-refractivity contribution is 6.46. The monoisotopic (exact) mass is 428 g/mol. The number of pyridine rings is 1. The van der Waals surface area contributed by atoms with Crippen molar-refractivity contribution in [2.24, 2.45) is 0 Å². The Kier molecular flexibility index (Phi) is 6.31. The standard InChI is InChI=1S/C26H24N2O4/c1-2-15-32-21-10-6-9-20(16-21)24(29)22-23(19-7-4-3-5-8-19)28(26(31)25(22)30)17-18-11-13-27-14-12-18/h3-14,16,23,29H,2,15,17H2,1H3/b24-22+. The number of Topliss-reactive ketones (excluding diaryl/α,β-unsaturated/α-hetero) is 1. The van der Waals surface area contributed by atoms with Crippen LogP contribution in [0.5, 0.6) is 5.75 Å². The first-order valence-corrected chi connectivity index (χ1v) is 10.6. The van der Waals surface area contributed by atoms with Crippen molar-refractivity contribution in [3.8, 4) is 5.75 Å². The van der Waals surface area contributed by atoms with Gasteiger partial charge < -0.3 is 14.7 Å². The molecule has 1 aromatic heterocycles. The number of ketones is 1. The number of likely N-dealkylation sites (tertiary alicyclic amines) is 1. The van der Waals surface area contributed by atoms with Crippen LogP contribution in [0.1, 0.15) is 36.1 Å². The average Bonchev–Trinajstić information content (AvgIpc) is 3.08. The van der Waals surface area contributed by atoms with Crippen LogP contribution in [0.2, 0.25) is 0 Å². The first kappa shape index (κ1) is 21.3. The predicted molar refractivity (Wildman–Crippen MR) is 121 cm³/mol. The van der Waals surface area contributed by atoms with E-state index in [0.717, 1.165) is 17.5 Å². The number of carbonyl (C=O) groups is 2. The number of aromatic nitrogens is 1. The predicted octanol–water partition coefficient (Wildman–Crippen LogP) is 4.49. The van der Waals surface area contributed by atoms with Crippen LogP contribution in [-0.4, -0.2) is 33.3 Å². The highest BCUT2D eigenvalue weighted by Gasteiger charge is 2.46. The Bertz CT molecular complexity index is 1140. The number of aliphatic hydroxyl groups excluding tert-OH is 1. The zero-order valence-electron chi connectivity index (χ0n) is 17.8. The van der Waals surface area contributed by atoms with Crippen molar-refractivity contribution >= 4 is 17.4 Å². The number of aliphatic hydroxyl groups is 1. The smallest absolute Gasteiger partial charge is 0.295 e. The van der Waals surface area contributed by atoms with E-state index in [-0.39, 0.29) is 17.9 Å². The molecule has 6 nitrogen and oxygen atoms in total. The molecule has 1 saturated heterocycles. The highest BCUT2D eigenvalue weighted by atomic mass is 16.5. The number of rotatable bonds is 7. The van der Waals surface area contributed by atoms with Crippen LogP contribution in [0.15, 0.2) is 84.7 Å². The lowest BCUT2D eigenvalue weighted by molar-refractivity contribution is -0.140. The molecule has 0 radical (unpaired) electrons. The zero-order valence-corrected chi connectivity index (χ0v) is 17.8. The molecule has 4 rings (SSSR count). The van der Waals surface area contributed by atoms with E-state index in [9.17, 15) is 14.7 Å². The van der Waals surface area contributed by atoms with Gasteiger partial charge in [0.1, 0.15) is 11.5 Å². The van der Waals surface area contributed by atoms with Crippen LogP contribution in [0.25, 0.3) is 5.76 Å². The summed E-state index contributed by atoms with van der Waals surface area (Å²) in [5.74, 6) is -0.963. The Balaban J connectivity index is 1.80. The summed E-state index contributed by atoms with van der Waals surface area (Å²) in [7, 11) is 0. The van der Waals surface area contributed by atoms with Gasteiger partial charge in [0.2, 0.25) is 0 Å². The van der Waals surface area contributed by atoms with Crippen LogP contribution < -0.4 is 4.74 Å². The first-order valence-electron chi connectivity index (χ1n) is 10.6. The Morgan fingerprint density at radius 2 is 1.78 bits per heavy atom. The Hall–Kier alpha value is -3.93. The van der Waals surface area contributed by atoms with E-state index >= 15 is 0 Å². The largest absolute Gasteiger partial charge is 0.507 e. The van der Waals surface area contributed by atoms with E-state index in [2.05, 4.69) is 4.98 Å². The van der Waals surface area contributed by atoms with Crippen molar-refractivity contribution < 1.29 is 19.4 Å². The van der Waals surface area contributed by atoms with Crippen LogP contribution in [0.3, 0.4) is 0 Å². The summed E-state index contributed by atoms with van der Waals surface area (Å²) in [6, 6.07) is 19.1. The minimum atomic E-state index is -0.704. The average molecular weight is 428 g/mol. The molecule has 162 valence electrons. The summed E-state index contributed by atoms with van der Waals surface area (Å²) in [6.45, 7) is 2.78. The first-order chi connectivity index (χ1) is 15.6. The fraction of sp³-hybridized carbons (Fsp3) is 0.192. The van der Waals surface area contributed by atoms with Crippen LogP contribution in [0, 0.1) is 0 Å². The Morgan fingerprint density at radius 3 is 2.50 bits per heavy atom. The molecule has 0 aliphatic carbocycles. The number of ether oxygens (including phenoxy) is 1. The molecule has 2 aromatic carbocycles. The molecule has 0 bridgehead atoms. The molecule has 1 atom stereocenters. The molecule has 32 heavy (non-hydrogen) atoms. The molecule has 6 heteroatoms. The number of carbonyl (C=O) groups excluding carboxylic acids is 2. The van der Waals surface area contributed by atoms with Gasteiger partial charge in [-0.15, -0.1) is 0 Å². The molecule has 1 unspecified atom stereocenters. The molecule has 0 saturated carbocycles. The van der Waals surface area contributed by atoms with E-state index in [1.165, 1.54) is 4.90 Å². The van der Waals surface area contributed by atoms with Crippen molar-refractivity contribution in [3.63, 3.8) is 0 Å². The number of benzene rings is 2. The summed E-state index contributed by atoms with van der Waals surface area (Å²) in [5, 5.41) is 11.2. The third-order valence-corrected chi connectivity index (χ3v) is 5.34. The maximum atomic E-state index is 13.1. The molecule has 0 spiro atoms. The minimum absolute atomic E-state index is 0.0721. The van der Waals surface area contributed by atoms with Crippen LogP contribution >= 0.6 is 0 Å². The SMILES string of the molecule is CCCOc1cccc(/C(O)=C2\C(=O)C(=O)N(Cc3ccncc3)C2c2ccccc2)c1. The number of hydrogen-bond acceptors (Lipinski definition) is 5. The highest BCUT2D eigenvalue weighted by Crippen LogP contribution is 2.40. The second kappa shape index (κ2) is 9.47. The summed E-state index contributed by atoms with van der Waals surface area (Å²) < 4.78 is 5.67. The van der Waals surface area contributed by atoms with E-state index in [1.54, 1.807) is 48.8 Å². The van der Waals surface area contributed by atoms with E-state index < -0.39 is 17.7 Å². The van der Waals surface area contributed by atoms with Gasteiger partial charge in [-0.25, -0.2) is 0 Å². The summed E-state index contributed by atoms with van der Waals surface area (Å²) in [5.41, 5.74) is 2.10. The number of amides is 1. The Labute approximate surface area is 186 Å². The second-order valence-corrected chi connectivity index (χ2v) is 7.57. The van der Waals surface area contributed by atoms with Crippen LogP contribution in [0.4, 0.5) is 0 Å². The van der Waals surface area contributed by atoms with Gasteiger partial charge in [-0.1, -0.05) is 49.4 Å². The minimum Gasteiger partial charge on any atom is -0.507 e. The molecule has 1 aliphatic rings. The van der Waals surface area contributed by atoms with Gasteiger partial charge in [0.25, 0.3) is 11.7 Å². The quantitative estimate of drug-likeness (QED) is 0.341. The van der Waals surface area contributed by atoms with Crippen molar-refractivity contribution in [2.75, 3.05) is 6.61 Å². The molecule has 1 amide bonds. The van der Waals surface area contributed by atoms with E-state index in [0.29, 0.717) is 17.9 Å². The maximum absolute atomic E-state index is 13.1. The van der Waals surface area contributed by atoms with Gasteiger partial charge in [-0.3, -0.25) is 14.6 Å². The molecule has 3 aromatic rings. The third kappa shape index (κ3) is 4.25. The number of nitrogens with zero attached hydrogens (tertiary/aromatic N) is 2. The topological polar surface area (TPSA) is 79.7 Å². The lowest BCUT2D eigenvalue weighted by Crippen LogP contribution is -2.29.